The van der Waals surface area contributed by atoms with Gasteiger partial charge >= 0.3 is 0 Å². The number of benzene rings is 2. The minimum atomic E-state index is -0.259. The molecule has 5 aliphatic rings. The first-order valence-electron chi connectivity index (χ1n) is 11.8. The van der Waals surface area contributed by atoms with Crippen molar-refractivity contribution >= 4 is 23.4 Å². The van der Waals surface area contributed by atoms with E-state index in [-0.39, 0.29) is 48.1 Å². The normalized spacial score (nSPS) is 30.9. The van der Waals surface area contributed by atoms with Gasteiger partial charge in [-0.3, -0.25) is 24.2 Å². The van der Waals surface area contributed by atoms with Gasteiger partial charge in [0.1, 0.15) is 6.67 Å². The number of carbonyl (C=O) groups excluding carboxylic acids is 3. The van der Waals surface area contributed by atoms with Crippen molar-refractivity contribution in [3.8, 4) is 0 Å². The number of likely N-dealkylation sites (tertiary alicyclic amines) is 1. The Balaban J connectivity index is 1.38. The summed E-state index contributed by atoms with van der Waals surface area (Å²) < 4.78 is 0. The van der Waals surface area contributed by atoms with Crippen molar-refractivity contribution in [3.63, 3.8) is 0 Å². The number of imide groups is 1. The van der Waals surface area contributed by atoms with Gasteiger partial charge < -0.3 is 0 Å². The molecule has 1 saturated heterocycles. The summed E-state index contributed by atoms with van der Waals surface area (Å²) >= 11 is 0. The zero-order valence-corrected chi connectivity index (χ0v) is 19.2. The van der Waals surface area contributed by atoms with Crippen LogP contribution < -0.4 is 4.90 Å². The second-order valence-electron chi connectivity index (χ2n) is 10.2. The van der Waals surface area contributed by atoms with Crippen molar-refractivity contribution in [1.82, 2.24) is 4.90 Å². The van der Waals surface area contributed by atoms with Crippen molar-refractivity contribution in [2.75, 3.05) is 11.6 Å². The molecule has 3 fully saturated rings. The first-order valence-corrected chi connectivity index (χ1v) is 11.8. The van der Waals surface area contributed by atoms with Crippen molar-refractivity contribution in [3.05, 3.63) is 76.9 Å². The van der Waals surface area contributed by atoms with Gasteiger partial charge in [-0.1, -0.05) is 48.0 Å². The van der Waals surface area contributed by atoms with E-state index in [1.165, 1.54) is 4.90 Å². The van der Waals surface area contributed by atoms with Crippen LogP contribution in [0.2, 0.25) is 0 Å². The molecule has 2 saturated carbocycles. The van der Waals surface area contributed by atoms with E-state index in [1.807, 2.05) is 63.2 Å². The molecule has 6 unspecified atom stereocenters. The summed E-state index contributed by atoms with van der Waals surface area (Å²) in [5, 5.41) is 0. The van der Waals surface area contributed by atoms with Crippen LogP contribution in [0.5, 0.6) is 0 Å². The predicted octanol–water partition coefficient (Wildman–Crippen LogP) is 4.27. The van der Waals surface area contributed by atoms with Crippen molar-refractivity contribution in [2.45, 2.75) is 27.2 Å². The monoisotopic (exact) mass is 440 g/mol. The summed E-state index contributed by atoms with van der Waals surface area (Å²) in [6.07, 6.45) is 5.49. The van der Waals surface area contributed by atoms with Crippen LogP contribution in [0.25, 0.3) is 0 Å². The first-order chi connectivity index (χ1) is 15.9. The van der Waals surface area contributed by atoms with E-state index in [0.29, 0.717) is 17.4 Å². The lowest BCUT2D eigenvalue weighted by Crippen LogP contribution is -2.45. The molecule has 168 valence electrons. The van der Waals surface area contributed by atoms with Crippen LogP contribution in [-0.4, -0.2) is 29.3 Å². The van der Waals surface area contributed by atoms with E-state index in [9.17, 15) is 14.4 Å². The Hall–Kier alpha value is -3.21. The van der Waals surface area contributed by atoms with E-state index in [4.69, 9.17) is 0 Å². The lowest BCUT2D eigenvalue weighted by atomic mass is 9.63. The van der Waals surface area contributed by atoms with Gasteiger partial charge in [0.15, 0.2) is 0 Å². The van der Waals surface area contributed by atoms with Gasteiger partial charge in [-0.05, 0) is 74.1 Å². The van der Waals surface area contributed by atoms with Crippen LogP contribution >= 0.6 is 0 Å². The molecule has 2 aromatic rings. The number of amides is 3. The number of nitrogens with zero attached hydrogens (tertiary/aromatic N) is 2. The highest BCUT2D eigenvalue weighted by molar-refractivity contribution is 6.10. The molecule has 5 heteroatoms. The summed E-state index contributed by atoms with van der Waals surface area (Å²) in [7, 11) is 0. The molecule has 2 aromatic carbocycles. The lowest BCUT2D eigenvalue weighted by Gasteiger charge is -2.37. The van der Waals surface area contributed by atoms with Crippen LogP contribution in [0.1, 0.15) is 33.5 Å². The van der Waals surface area contributed by atoms with Crippen LogP contribution in [0.4, 0.5) is 5.69 Å². The van der Waals surface area contributed by atoms with Gasteiger partial charge in [0.05, 0.1) is 17.5 Å². The Kier molecular flexibility index (Phi) is 4.42. The maximum Gasteiger partial charge on any atom is 0.259 e. The molecule has 3 amide bonds. The van der Waals surface area contributed by atoms with E-state index in [2.05, 4.69) is 12.2 Å². The highest BCUT2D eigenvalue weighted by Gasteiger charge is 2.67. The fraction of sp³-hybridized carbons (Fsp3) is 0.393. The number of hydrogen-bond donors (Lipinski definition) is 0. The third-order valence-electron chi connectivity index (χ3n) is 8.29. The van der Waals surface area contributed by atoms with Gasteiger partial charge in [0, 0.05) is 5.56 Å². The van der Waals surface area contributed by atoms with E-state index in [1.54, 1.807) is 4.90 Å². The smallest absolute Gasteiger partial charge is 0.259 e. The molecular weight excluding hydrogens is 412 g/mol. The molecule has 7 rings (SSSR count). The SMILES string of the molecule is Cc1ccc(C(=O)N(CN2C(=O)C3C4C=CC(C5CC45)C3C2=O)c2c(C)cccc2C)cc1. The number of aryl methyl sites for hydroxylation is 3. The van der Waals surface area contributed by atoms with Crippen LogP contribution in [0.15, 0.2) is 54.6 Å². The van der Waals surface area contributed by atoms with Crippen molar-refractivity contribution in [1.29, 1.82) is 0 Å². The van der Waals surface area contributed by atoms with E-state index >= 15 is 0 Å². The average Bonchev–Trinajstić information content (AvgIpc) is 3.58. The Morgan fingerprint density at radius 3 is 1.97 bits per heavy atom. The molecule has 0 aromatic heterocycles. The van der Waals surface area contributed by atoms with Crippen molar-refractivity contribution in [2.24, 2.45) is 35.5 Å². The van der Waals surface area contributed by atoms with Gasteiger partial charge in [0.2, 0.25) is 11.8 Å². The molecule has 5 nitrogen and oxygen atoms in total. The molecule has 2 bridgehead atoms. The van der Waals surface area contributed by atoms with Gasteiger partial charge in [0.25, 0.3) is 5.91 Å². The summed E-state index contributed by atoms with van der Waals surface area (Å²) in [6, 6.07) is 13.3. The number of hydrogen-bond acceptors (Lipinski definition) is 3. The maximum absolute atomic E-state index is 13.7. The molecule has 1 heterocycles. The summed E-state index contributed by atoms with van der Waals surface area (Å²) in [5.74, 6) is 0.526. The highest BCUT2D eigenvalue weighted by atomic mass is 16.2. The number of para-hydroxylation sites is 1. The molecule has 0 radical (unpaired) electrons. The average molecular weight is 441 g/mol. The number of anilines is 1. The zero-order valence-electron chi connectivity index (χ0n) is 19.2. The summed E-state index contributed by atoms with van der Waals surface area (Å²) in [5.41, 5.74) is 4.26. The van der Waals surface area contributed by atoms with Crippen LogP contribution in [0, 0.1) is 56.3 Å². The molecule has 0 N–H and O–H groups in total. The molecule has 33 heavy (non-hydrogen) atoms. The highest BCUT2D eigenvalue weighted by Crippen LogP contribution is 2.65. The Morgan fingerprint density at radius 2 is 1.42 bits per heavy atom. The van der Waals surface area contributed by atoms with Crippen molar-refractivity contribution < 1.29 is 14.4 Å². The number of rotatable bonds is 4. The standard InChI is InChI=1S/C28H28N2O3/c1-15-7-9-18(10-8-15)26(31)29(25-16(2)5-4-6-17(25)3)14-30-27(32)23-19-11-12-20(22-13-21(19)22)24(23)28(30)33/h4-12,19-24H,13-14H2,1-3H3. The van der Waals surface area contributed by atoms with Gasteiger partial charge in [-0.2, -0.15) is 0 Å². The van der Waals surface area contributed by atoms with Crippen LogP contribution in [0.3, 0.4) is 0 Å². The lowest BCUT2D eigenvalue weighted by molar-refractivity contribution is -0.140. The second kappa shape index (κ2) is 7.14. The summed E-state index contributed by atoms with van der Waals surface area (Å²) in [6.45, 7) is 5.86. The largest absolute Gasteiger partial charge is 0.289 e. The molecular formula is C28H28N2O3. The number of carbonyl (C=O) groups is 3. The molecule has 6 atom stereocenters. The quantitative estimate of drug-likeness (QED) is 0.527. The predicted molar refractivity (Wildman–Crippen MR) is 125 cm³/mol. The van der Waals surface area contributed by atoms with Gasteiger partial charge in [-0.25, -0.2) is 0 Å². The second-order valence-corrected chi connectivity index (χ2v) is 10.2. The fourth-order valence-electron chi connectivity index (χ4n) is 6.62. The third-order valence-corrected chi connectivity index (χ3v) is 8.29. The third kappa shape index (κ3) is 2.94. The minimum absolute atomic E-state index is 0.0438. The Bertz CT molecular complexity index is 1160. The molecule has 1 aliphatic heterocycles. The fourth-order valence-corrected chi connectivity index (χ4v) is 6.62. The Morgan fingerprint density at radius 1 is 0.879 bits per heavy atom. The number of allylic oxidation sites excluding steroid dienone is 2. The maximum atomic E-state index is 13.7. The Labute approximate surface area is 194 Å². The zero-order chi connectivity index (χ0) is 23.0. The van der Waals surface area contributed by atoms with Gasteiger partial charge in [-0.15, -0.1) is 0 Å². The van der Waals surface area contributed by atoms with E-state index in [0.717, 1.165) is 28.8 Å². The molecule has 0 spiro atoms. The minimum Gasteiger partial charge on any atom is -0.289 e. The van der Waals surface area contributed by atoms with E-state index < -0.39 is 0 Å². The topological polar surface area (TPSA) is 57.7 Å². The first kappa shape index (κ1) is 20.4. The summed E-state index contributed by atoms with van der Waals surface area (Å²) in [4.78, 5) is 43.9. The molecule has 4 aliphatic carbocycles. The van der Waals surface area contributed by atoms with Crippen LogP contribution in [-0.2, 0) is 9.59 Å².